The van der Waals surface area contributed by atoms with Crippen molar-refractivity contribution in [3.8, 4) is 0 Å². The van der Waals surface area contributed by atoms with E-state index in [1.54, 1.807) is 18.2 Å². The number of piperidine rings is 1. The molecule has 1 N–H and O–H groups in total. The largest absolute Gasteiger partial charge is 0.388 e. The predicted octanol–water partition coefficient (Wildman–Crippen LogP) is 3.75. The third-order valence-electron chi connectivity index (χ3n) is 5.40. The van der Waals surface area contributed by atoms with Crippen molar-refractivity contribution in [1.82, 2.24) is 15.0 Å². The second kappa shape index (κ2) is 8.63. The monoisotopic (exact) mass is 381 g/mol. The van der Waals surface area contributed by atoms with E-state index in [0.717, 1.165) is 31.5 Å². The molecule has 1 aromatic heterocycles. The topological polar surface area (TPSA) is 62.4 Å². The zero-order valence-corrected chi connectivity index (χ0v) is 15.7. The Morgan fingerprint density at radius 3 is 2.54 bits per heavy atom. The van der Waals surface area contributed by atoms with Crippen LogP contribution in [0, 0.1) is 11.7 Å². The summed E-state index contributed by atoms with van der Waals surface area (Å²) in [6.07, 6.45) is 1.75. The summed E-state index contributed by atoms with van der Waals surface area (Å²) in [7, 11) is 0. The van der Waals surface area contributed by atoms with Gasteiger partial charge in [-0.1, -0.05) is 53.7 Å². The van der Waals surface area contributed by atoms with Crippen molar-refractivity contribution in [3.63, 3.8) is 0 Å². The summed E-state index contributed by atoms with van der Waals surface area (Å²) in [6, 6.07) is 16.5. The van der Waals surface area contributed by atoms with Crippen LogP contribution in [0.2, 0.25) is 0 Å². The molecule has 1 aliphatic rings. The zero-order valence-electron chi connectivity index (χ0n) is 15.7. The normalized spacial score (nSPS) is 16.9. The van der Waals surface area contributed by atoms with Crippen LogP contribution in [0.4, 0.5) is 4.39 Å². The lowest BCUT2D eigenvalue weighted by atomic mass is 9.87. The molecule has 146 valence electrons. The maximum atomic E-state index is 13.8. The summed E-state index contributed by atoms with van der Waals surface area (Å²) in [5.41, 5.74) is 1.54. The van der Waals surface area contributed by atoms with Crippen molar-refractivity contribution in [3.05, 3.63) is 83.3 Å². The Balaban J connectivity index is 1.29. The van der Waals surface area contributed by atoms with E-state index in [0.29, 0.717) is 30.2 Å². The molecule has 0 unspecified atom stereocenters. The average molecular weight is 381 g/mol. The molecular weight excluding hydrogens is 357 g/mol. The first-order valence-corrected chi connectivity index (χ1v) is 9.69. The van der Waals surface area contributed by atoms with Crippen molar-refractivity contribution in [1.29, 1.82) is 0 Å². The Kier molecular flexibility index (Phi) is 5.78. The number of hydrogen-bond acceptors (Lipinski definition) is 5. The first kappa shape index (κ1) is 18.8. The van der Waals surface area contributed by atoms with Gasteiger partial charge in [-0.15, -0.1) is 0 Å². The second-order valence-corrected chi connectivity index (χ2v) is 7.34. The maximum absolute atomic E-state index is 13.8. The van der Waals surface area contributed by atoms with Crippen molar-refractivity contribution in [2.75, 3.05) is 13.1 Å². The van der Waals surface area contributed by atoms with E-state index >= 15 is 0 Å². The number of hydrogen-bond donors (Lipinski definition) is 1. The van der Waals surface area contributed by atoms with Crippen LogP contribution in [0.5, 0.6) is 0 Å². The Morgan fingerprint density at radius 1 is 1.07 bits per heavy atom. The number of benzene rings is 2. The molecule has 0 spiro atoms. The molecule has 0 bridgehead atoms. The maximum Gasteiger partial charge on any atom is 0.240 e. The molecule has 2 heterocycles. The standard InChI is InChI=1S/C22H24FN3O2/c23-19-9-5-4-8-18(19)14-20-24-21(28-25-20)15-26-12-10-17(11-13-26)22(27)16-6-2-1-3-7-16/h1-9,17,22,27H,10-15H2/t22-/m1/s1. The zero-order chi connectivity index (χ0) is 19.3. The van der Waals surface area contributed by atoms with E-state index in [4.69, 9.17) is 4.52 Å². The Labute approximate surface area is 163 Å². The van der Waals surface area contributed by atoms with Crippen molar-refractivity contribution in [2.45, 2.75) is 31.9 Å². The lowest BCUT2D eigenvalue weighted by molar-refractivity contribution is 0.0538. The van der Waals surface area contributed by atoms with E-state index in [9.17, 15) is 9.50 Å². The van der Waals surface area contributed by atoms with Gasteiger partial charge < -0.3 is 9.63 Å². The molecule has 28 heavy (non-hydrogen) atoms. The third-order valence-corrected chi connectivity index (χ3v) is 5.40. The van der Waals surface area contributed by atoms with Gasteiger partial charge in [-0.2, -0.15) is 4.98 Å². The van der Waals surface area contributed by atoms with Gasteiger partial charge in [0.1, 0.15) is 5.82 Å². The highest BCUT2D eigenvalue weighted by molar-refractivity contribution is 5.21. The van der Waals surface area contributed by atoms with E-state index in [2.05, 4.69) is 15.0 Å². The van der Waals surface area contributed by atoms with Gasteiger partial charge >= 0.3 is 0 Å². The molecule has 0 amide bonds. The van der Waals surface area contributed by atoms with Crippen LogP contribution in [0.25, 0.3) is 0 Å². The second-order valence-electron chi connectivity index (χ2n) is 7.34. The summed E-state index contributed by atoms with van der Waals surface area (Å²) in [5.74, 6) is 1.05. The van der Waals surface area contributed by atoms with E-state index in [1.807, 2.05) is 30.3 Å². The summed E-state index contributed by atoms with van der Waals surface area (Å²) in [4.78, 5) is 6.67. The Morgan fingerprint density at radius 2 is 1.79 bits per heavy atom. The van der Waals surface area contributed by atoms with Gasteiger partial charge in [0.25, 0.3) is 0 Å². The molecule has 5 nitrogen and oxygen atoms in total. The number of aromatic nitrogens is 2. The van der Waals surface area contributed by atoms with Crippen molar-refractivity contribution >= 4 is 0 Å². The smallest absolute Gasteiger partial charge is 0.240 e. The van der Waals surface area contributed by atoms with Crippen LogP contribution < -0.4 is 0 Å². The fourth-order valence-corrected chi connectivity index (χ4v) is 3.78. The van der Waals surface area contributed by atoms with Crippen LogP contribution in [0.1, 0.15) is 41.8 Å². The third kappa shape index (κ3) is 4.46. The summed E-state index contributed by atoms with van der Waals surface area (Å²) in [5, 5.41) is 14.6. The van der Waals surface area contributed by atoms with E-state index in [-0.39, 0.29) is 11.7 Å². The minimum absolute atomic E-state index is 0.257. The SMILES string of the molecule is O[C@H](c1ccccc1)C1CCN(Cc2nc(Cc3ccccc3F)no2)CC1. The number of aliphatic hydroxyl groups is 1. The highest BCUT2D eigenvalue weighted by atomic mass is 19.1. The van der Waals surface area contributed by atoms with Gasteiger partial charge in [0, 0.05) is 6.42 Å². The first-order valence-electron chi connectivity index (χ1n) is 9.69. The van der Waals surface area contributed by atoms with Crippen LogP contribution in [0.15, 0.2) is 59.1 Å². The molecule has 0 saturated carbocycles. The Hall–Kier alpha value is -2.57. The van der Waals surface area contributed by atoms with Gasteiger partial charge in [-0.05, 0) is 49.0 Å². The van der Waals surface area contributed by atoms with E-state index < -0.39 is 6.10 Å². The molecule has 6 heteroatoms. The molecule has 0 radical (unpaired) electrons. The molecule has 1 saturated heterocycles. The fourth-order valence-electron chi connectivity index (χ4n) is 3.78. The number of rotatable bonds is 6. The lowest BCUT2D eigenvalue weighted by Crippen LogP contribution is -2.35. The van der Waals surface area contributed by atoms with Gasteiger partial charge in [0.15, 0.2) is 5.82 Å². The van der Waals surface area contributed by atoms with Crippen LogP contribution >= 0.6 is 0 Å². The van der Waals surface area contributed by atoms with E-state index in [1.165, 1.54) is 6.07 Å². The molecule has 1 aliphatic heterocycles. The van der Waals surface area contributed by atoms with Crippen LogP contribution in [-0.4, -0.2) is 33.2 Å². The summed E-state index contributed by atoms with van der Waals surface area (Å²) in [6.45, 7) is 2.33. The first-order chi connectivity index (χ1) is 13.7. The number of nitrogens with zero attached hydrogens (tertiary/aromatic N) is 3. The molecule has 2 aromatic carbocycles. The van der Waals surface area contributed by atoms with Gasteiger partial charge in [-0.25, -0.2) is 4.39 Å². The number of halogens is 1. The molecule has 3 aromatic rings. The Bertz CT molecular complexity index is 892. The predicted molar refractivity (Wildman–Crippen MR) is 103 cm³/mol. The quantitative estimate of drug-likeness (QED) is 0.705. The number of likely N-dealkylation sites (tertiary alicyclic amines) is 1. The average Bonchev–Trinajstić information content (AvgIpc) is 3.17. The lowest BCUT2D eigenvalue weighted by Gasteiger charge is -2.33. The van der Waals surface area contributed by atoms with Crippen molar-refractivity contribution in [2.24, 2.45) is 5.92 Å². The summed E-state index contributed by atoms with van der Waals surface area (Å²) >= 11 is 0. The van der Waals surface area contributed by atoms with Gasteiger partial charge in [0.2, 0.25) is 5.89 Å². The molecular formula is C22H24FN3O2. The molecule has 1 fully saturated rings. The fraction of sp³-hybridized carbons (Fsp3) is 0.364. The molecule has 0 aliphatic carbocycles. The van der Waals surface area contributed by atoms with Crippen LogP contribution in [0.3, 0.4) is 0 Å². The highest BCUT2D eigenvalue weighted by Gasteiger charge is 2.27. The van der Waals surface area contributed by atoms with Gasteiger partial charge in [0.05, 0.1) is 12.6 Å². The van der Waals surface area contributed by atoms with Crippen LogP contribution in [-0.2, 0) is 13.0 Å². The molecule has 4 rings (SSSR count). The summed E-state index contributed by atoms with van der Waals surface area (Å²) < 4.78 is 19.1. The molecule has 1 atom stereocenters. The highest BCUT2D eigenvalue weighted by Crippen LogP contribution is 2.31. The minimum Gasteiger partial charge on any atom is -0.388 e. The number of aliphatic hydroxyl groups excluding tert-OH is 1. The minimum atomic E-state index is -0.417. The van der Waals surface area contributed by atoms with Gasteiger partial charge in [-0.3, -0.25) is 4.90 Å². The van der Waals surface area contributed by atoms with Crippen molar-refractivity contribution < 1.29 is 14.0 Å².